The van der Waals surface area contributed by atoms with Crippen molar-refractivity contribution in [3.63, 3.8) is 0 Å². The van der Waals surface area contributed by atoms with E-state index in [2.05, 4.69) is 49.0 Å². The second kappa shape index (κ2) is 7.90. The number of rotatable bonds is 5. The fraction of sp³-hybridized carbons (Fsp3) is 0.250. The van der Waals surface area contributed by atoms with Gasteiger partial charge in [0, 0.05) is 25.6 Å². The van der Waals surface area contributed by atoms with Crippen LogP contribution in [0.1, 0.15) is 11.1 Å². The molecule has 3 N–H and O–H groups in total. The molecule has 0 aliphatic carbocycles. The summed E-state index contributed by atoms with van der Waals surface area (Å²) in [6.45, 7) is 1.36. The molecule has 2 heterocycles. The third-order valence-electron chi connectivity index (χ3n) is 4.51. The van der Waals surface area contributed by atoms with Crippen LogP contribution in [0.5, 0.6) is 5.75 Å². The average Bonchev–Trinajstić information content (AvgIpc) is 3.38. The van der Waals surface area contributed by atoms with E-state index in [0.717, 1.165) is 35.1 Å². The lowest BCUT2D eigenvalue weighted by atomic mass is 10.1. The molecule has 1 atom stereocenters. The molecule has 0 radical (unpaired) electrons. The largest absolute Gasteiger partial charge is 0.488 e. The number of nitrogens with one attached hydrogen (secondary N) is 3. The standard InChI is InChI=1S/C20H22N6O/c1-21-20(23-12-17-10-15-6-2-3-8-18(15)27-17)22-11-14-5-4-7-16(9-14)19-24-13-25-26-19/h2-9,13,17H,10-12H2,1H3,(H2,21,22,23)(H,24,25,26). The third kappa shape index (κ3) is 4.08. The number of para-hydroxylation sites is 1. The Labute approximate surface area is 157 Å². The Morgan fingerprint density at radius 2 is 2.15 bits per heavy atom. The molecular weight excluding hydrogens is 340 g/mol. The maximum atomic E-state index is 5.96. The van der Waals surface area contributed by atoms with Crippen molar-refractivity contribution in [2.45, 2.75) is 19.1 Å². The zero-order chi connectivity index (χ0) is 18.5. The van der Waals surface area contributed by atoms with Crippen LogP contribution in [0.15, 0.2) is 59.9 Å². The van der Waals surface area contributed by atoms with Gasteiger partial charge in [0.25, 0.3) is 0 Å². The summed E-state index contributed by atoms with van der Waals surface area (Å²) in [5, 5.41) is 13.5. The second-order valence-corrected chi connectivity index (χ2v) is 6.39. The number of aromatic nitrogens is 3. The van der Waals surface area contributed by atoms with Crippen molar-refractivity contribution in [1.29, 1.82) is 0 Å². The second-order valence-electron chi connectivity index (χ2n) is 6.39. The van der Waals surface area contributed by atoms with Gasteiger partial charge < -0.3 is 15.4 Å². The van der Waals surface area contributed by atoms with Crippen LogP contribution >= 0.6 is 0 Å². The average molecular weight is 362 g/mol. The molecule has 4 rings (SSSR count). The molecule has 1 aliphatic rings. The van der Waals surface area contributed by atoms with Crippen molar-refractivity contribution in [3.05, 3.63) is 66.0 Å². The molecule has 1 aromatic heterocycles. The maximum Gasteiger partial charge on any atom is 0.191 e. The number of guanidine groups is 1. The quantitative estimate of drug-likeness (QED) is 0.478. The Balaban J connectivity index is 1.30. The van der Waals surface area contributed by atoms with Gasteiger partial charge in [0.1, 0.15) is 18.2 Å². The van der Waals surface area contributed by atoms with Gasteiger partial charge in [-0.15, -0.1) is 0 Å². The number of hydrogen-bond acceptors (Lipinski definition) is 4. The van der Waals surface area contributed by atoms with Crippen molar-refractivity contribution in [2.75, 3.05) is 13.6 Å². The number of H-pyrrole nitrogens is 1. The van der Waals surface area contributed by atoms with Crippen molar-refractivity contribution >= 4 is 5.96 Å². The Kier molecular flexibility index (Phi) is 5.00. The third-order valence-corrected chi connectivity index (χ3v) is 4.51. The van der Waals surface area contributed by atoms with E-state index in [9.17, 15) is 0 Å². The predicted octanol–water partition coefficient (Wildman–Crippen LogP) is 2.14. The highest BCUT2D eigenvalue weighted by Crippen LogP contribution is 2.27. The number of aliphatic imine (C=N–C) groups is 1. The monoisotopic (exact) mass is 362 g/mol. The number of benzene rings is 2. The topological polar surface area (TPSA) is 87.2 Å². The zero-order valence-corrected chi connectivity index (χ0v) is 15.1. The summed E-state index contributed by atoms with van der Waals surface area (Å²) in [6.07, 6.45) is 2.55. The summed E-state index contributed by atoms with van der Waals surface area (Å²) < 4.78 is 5.96. The number of hydrogen-bond donors (Lipinski definition) is 3. The molecule has 0 saturated carbocycles. The summed E-state index contributed by atoms with van der Waals surface area (Å²) in [5.74, 6) is 2.49. The Hall–Kier alpha value is -3.35. The van der Waals surface area contributed by atoms with Gasteiger partial charge >= 0.3 is 0 Å². The van der Waals surface area contributed by atoms with Crippen LogP contribution in [-0.2, 0) is 13.0 Å². The van der Waals surface area contributed by atoms with Crippen LogP contribution in [0.2, 0.25) is 0 Å². The number of nitrogens with zero attached hydrogens (tertiary/aromatic N) is 3. The molecule has 0 bridgehead atoms. The van der Waals surface area contributed by atoms with Crippen LogP contribution in [0, 0.1) is 0 Å². The van der Waals surface area contributed by atoms with E-state index in [1.807, 2.05) is 30.3 Å². The first-order chi connectivity index (χ1) is 13.3. The van der Waals surface area contributed by atoms with Crippen molar-refractivity contribution < 1.29 is 4.74 Å². The van der Waals surface area contributed by atoms with Gasteiger partial charge in [-0.1, -0.05) is 36.4 Å². The van der Waals surface area contributed by atoms with Crippen molar-refractivity contribution in [2.24, 2.45) is 4.99 Å². The summed E-state index contributed by atoms with van der Waals surface area (Å²) in [7, 11) is 1.77. The summed E-state index contributed by atoms with van der Waals surface area (Å²) in [6, 6.07) is 16.3. The maximum absolute atomic E-state index is 5.96. The molecule has 0 fully saturated rings. The Bertz CT molecular complexity index is 897. The molecule has 7 heteroatoms. The molecule has 1 aliphatic heterocycles. The molecule has 1 unspecified atom stereocenters. The summed E-state index contributed by atoms with van der Waals surface area (Å²) in [4.78, 5) is 8.49. The smallest absolute Gasteiger partial charge is 0.191 e. The number of ether oxygens (including phenoxy) is 1. The fourth-order valence-electron chi connectivity index (χ4n) is 3.16. The van der Waals surface area contributed by atoms with Gasteiger partial charge in [-0.05, 0) is 23.3 Å². The number of fused-ring (bicyclic) bond motifs is 1. The summed E-state index contributed by atoms with van der Waals surface area (Å²) >= 11 is 0. The molecule has 0 saturated heterocycles. The lowest BCUT2D eigenvalue weighted by molar-refractivity contribution is 0.235. The predicted molar refractivity (Wildman–Crippen MR) is 105 cm³/mol. The summed E-state index contributed by atoms with van der Waals surface area (Å²) in [5.41, 5.74) is 3.40. The van der Waals surface area contributed by atoms with E-state index < -0.39 is 0 Å². The van der Waals surface area contributed by atoms with E-state index in [4.69, 9.17) is 4.74 Å². The SMILES string of the molecule is CN=C(NCc1cccc(-c2ncn[nH]2)c1)NCC1Cc2ccccc2O1. The molecular formula is C20H22N6O. The lowest BCUT2D eigenvalue weighted by Crippen LogP contribution is -2.41. The minimum atomic E-state index is 0.121. The fourth-order valence-corrected chi connectivity index (χ4v) is 3.16. The highest BCUT2D eigenvalue weighted by Gasteiger charge is 2.22. The van der Waals surface area contributed by atoms with Crippen LogP contribution in [0.25, 0.3) is 11.4 Å². The van der Waals surface area contributed by atoms with E-state index in [-0.39, 0.29) is 6.10 Å². The molecule has 2 aromatic carbocycles. The first-order valence-corrected chi connectivity index (χ1v) is 8.95. The van der Waals surface area contributed by atoms with Gasteiger partial charge in [0.15, 0.2) is 11.8 Å². The first kappa shape index (κ1) is 17.1. The Morgan fingerprint density at radius 1 is 1.22 bits per heavy atom. The van der Waals surface area contributed by atoms with E-state index >= 15 is 0 Å². The number of aromatic amines is 1. The van der Waals surface area contributed by atoms with Crippen LogP contribution < -0.4 is 15.4 Å². The molecule has 3 aromatic rings. The highest BCUT2D eigenvalue weighted by atomic mass is 16.5. The van der Waals surface area contributed by atoms with E-state index in [0.29, 0.717) is 13.1 Å². The van der Waals surface area contributed by atoms with Gasteiger partial charge in [0.05, 0.1) is 6.54 Å². The zero-order valence-electron chi connectivity index (χ0n) is 15.1. The lowest BCUT2D eigenvalue weighted by Gasteiger charge is -2.15. The Morgan fingerprint density at radius 3 is 2.96 bits per heavy atom. The minimum Gasteiger partial charge on any atom is -0.488 e. The molecule has 27 heavy (non-hydrogen) atoms. The normalized spacial score (nSPS) is 15.9. The molecule has 7 nitrogen and oxygen atoms in total. The van der Waals surface area contributed by atoms with E-state index in [1.165, 1.54) is 11.9 Å². The molecule has 0 spiro atoms. The van der Waals surface area contributed by atoms with Crippen LogP contribution in [-0.4, -0.2) is 40.8 Å². The van der Waals surface area contributed by atoms with E-state index in [1.54, 1.807) is 7.05 Å². The van der Waals surface area contributed by atoms with Gasteiger partial charge in [-0.25, -0.2) is 4.98 Å². The molecule has 0 amide bonds. The van der Waals surface area contributed by atoms with Crippen LogP contribution in [0.4, 0.5) is 0 Å². The van der Waals surface area contributed by atoms with Crippen LogP contribution in [0.3, 0.4) is 0 Å². The van der Waals surface area contributed by atoms with Gasteiger partial charge in [-0.2, -0.15) is 5.10 Å². The molecule has 138 valence electrons. The van der Waals surface area contributed by atoms with Crippen molar-refractivity contribution in [1.82, 2.24) is 25.8 Å². The first-order valence-electron chi connectivity index (χ1n) is 8.95. The minimum absolute atomic E-state index is 0.121. The van der Waals surface area contributed by atoms with Gasteiger partial charge in [0.2, 0.25) is 0 Å². The van der Waals surface area contributed by atoms with Gasteiger partial charge in [-0.3, -0.25) is 10.1 Å². The van der Waals surface area contributed by atoms with Crippen molar-refractivity contribution in [3.8, 4) is 17.1 Å². The highest BCUT2D eigenvalue weighted by molar-refractivity contribution is 5.79.